The molecule has 8 heteroatoms. The van der Waals surface area contributed by atoms with Crippen molar-refractivity contribution in [1.82, 2.24) is 10.2 Å². The van der Waals surface area contributed by atoms with Crippen LogP contribution in [0.4, 0.5) is 10.1 Å². The topological polar surface area (TPSA) is 61.4 Å². The van der Waals surface area contributed by atoms with Crippen molar-refractivity contribution in [3.8, 4) is 0 Å². The van der Waals surface area contributed by atoms with E-state index >= 15 is 4.39 Å². The van der Waals surface area contributed by atoms with Gasteiger partial charge in [-0.3, -0.25) is 14.5 Å². The van der Waals surface area contributed by atoms with E-state index in [1.165, 1.54) is 6.07 Å². The Hall–Kier alpha value is -2.15. The van der Waals surface area contributed by atoms with E-state index in [1.807, 2.05) is 6.92 Å². The molecule has 2 fully saturated rings. The van der Waals surface area contributed by atoms with Gasteiger partial charge in [-0.25, -0.2) is 4.39 Å². The number of likely N-dealkylation sites (tertiary alicyclic amines) is 1. The minimum Gasteiger partial charge on any atom is -0.356 e. The van der Waals surface area contributed by atoms with Crippen LogP contribution in [-0.2, 0) is 9.59 Å². The van der Waals surface area contributed by atoms with E-state index in [2.05, 4.69) is 29.4 Å². The number of nitrogens with zero attached hydrogens (tertiary/aromatic N) is 1. The Labute approximate surface area is 203 Å². The maximum atomic E-state index is 15.4. The standard InChI is InChI=1S/C25H28Cl2FN3O2/c1-14(2)13-31-19-10-11-29-23(32)20(19)21(17-8-5-9-18(27)22(17)28)25(31,3)24(33)30-16-7-4-6-15(26)12-16/h4-9,12,14,19-21H,10-11,13H2,1-3H3,(H,29,32)(H,30,33)/t19-,20+,21-,25+/m0/s1. The van der Waals surface area contributed by atoms with Crippen LogP contribution in [0.2, 0.25) is 10.0 Å². The van der Waals surface area contributed by atoms with Crippen molar-refractivity contribution in [3.63, 3.8) is 0 Å². The van der Waals surface area contributed by atoms with Crippen LogP contribution in [-0.4, -0.2) is 41.4 Å². The third-order valence-electron chi connectivity index (χ3n) is 6.84. The number of benzene rings is 2. The summed E-state index contributed by atoms with van der Waals surface area (Å²) in [7, 11) is 0. The largest absolute Gasteiger partial charge is 0.356 e. The van der Waals surface area contributed by atoms with Gasteiger partial charge >= 0.3 is 0 Å². The van der Waals surface area contributed by atoms with E-state index in [-0.39, 0.29) is 34.4 Å². The first-order chi connectivity index (χ1) is 15.6. The maximum Gasteiger partial charge on any atom is 0.245 e. The van der Waals surface area contributed by atoms with Gasteiger partial charge in [0.2, 0.25) is 11.8 Å². The molecule has 0 bridgehead atoms. The summed E-state index contributed by atoms with van der Waals surface area (Å²) in [5, 5.41) is 6.37. The second kappa shape index (κ2) is 9.24. The molecule has 2 aromatic carbocycles. The van der Waals surface area contributed by atoms with Crippen LogP contribution in [0.15, 0.2) is 42.5 Å². The predicted octanol–water partition coefficient (Wildman–Crippen LogP) is 5.09. The number of rotatable bonds is 5. The molecule has 0 saturated carbocycles. The first kappa shape index (κ1) is 24.0. The SMILES string of the molecule is CC(C)CN1[C@H]2CCNC(=O)[C@H]2[C@H](c2cccc(Cl)c2F)[C@]1(C)C(=O)Nc1cccc(Cl)c1. The summed E-state index contributed by atoms with van der Waals surface area (Å²) in [5.41, 5.74) is -0.373. The van der Waals surface area contributed by atoms with Gasteiger partial charge in [0, 0.05) is 35.8 Å². The Kier molecular flexibility index (Phi) is 6.72. The molecule has 2 aromatic rings. The molecule has 2 N–H and O–H groups in total. The maximum absolute atomic E-state index is 15.4. The molecule has 5 nitrogen and oxygen atoms in total. The minimum atomic E-state index is -1.20. The van der Waals surface area contributed by atoms with Gasteiger partial charge in [-0.05, 0) is 49.1 Å². The summed E-state index contributed by atoms with van der Waals surface area (Å²) in [6.07, 6.45) is 0.682. The van der Waals surface area contributed by atoms with E-state index in [1.54, 1.807) is 36.4 Å². The van der Waals surface area contributed by atoms with Gasteiger partial charge in [-0.2, -0.15) is 0 Å². The molecule has 0 spiro atoms. The number of anilines is 1. The lowest BCUT2D eigenvalue weighted by molar-refractivity contribution is -0.128. The van der Waals surface area contributed by atoms with Crippen molar-refractivity contribution >= 4 is 40.7 Å². The summed E-state index contributed by atoms with van der Waals surface area (Å²) in [6, 6.07) is 11.5. The Bertz CT molecular complexity index is 1080. The molecule has 4 rings (SSSR count). The Morgan fingerprint density at radius 3 is 2.70 bits per heavy atom. The highest BCUT2D eigenvalue weighted by Crippen LogP contribution is 2.52. The van der Waals surface area contributed by atoms with Gasteiger partial charge in [0.1, 0.15) is 11.4 Å². The van der Waals surface area contributed by atoms with E-state index in [0.717, 1.165) is 0 Å². The van der Waals surface area contributed by atoms with Gasteiger partial charge in [0.15, 0.2) is 0 Å². The number of piperidine rings is 1. The van der Waals surface area contributed by atoms with Crippen molar-refractivity contribution in [2.24, 2.45) is 11.8 Å². The highest BCUT2D eigenvalue weighted by molar-refractivity contribution is 6.31. The van der Waals surface area contributed by atoms with E-state index in [0.29, 0.717) is 30.2 Å². The second-order valence-electron chi connectivity index (χ2n) is 9.45. The fraction of sp³-hybridized carbons (Fsp3) is 0.440. The molecule has 2 aliphatic heterocycles. The van der Waals surface area contributed by atoms with Crippen molar-refractivity contribution in [1.29, 1.82) is 0 Å². The fourth-order valence-corrected chi connectivity index (χ4v) is 5.85. The number of amides is 2. The average molecular weight is 492 g/mol. The van der Waals surface area contributed by atoms with Crippen LogP contribution >= 0.6 is 23.2 Å². The average Bonchev–Trinajstić information content (AvgIpc) is 3.00. The summed E-state index contributed by atoms with van der Waals surface area (Å²) < 4.78 is 15.4. The van der Waals surface area contributed by atoms with Gasteiger partial charge < -0.3 is 10.6 Å². The van der Waals surface area contributed by atoms with Crippen LogP contribution in [0, 0.1) is 17.7 Å². The number of hydrogen-bond donors (Lipinski definition) is 2. The quantitative estimate of drug-likeness (QED) is 0.612. The second-order valence-corrected chi connectivity index (χ2v) is 10.3. The lowest BCUT2D eigenvalue weighted by atomic mass is 9.73. The molecule has 0 unspecified atom stereocenters. The third kappa shape index (κ3) is 4.25. The Morgan fingerprint density at radius 1 is 1.27 bits per heavy atom. The van der Waals surface area contributed by atoms with E-state index < -0.39 is 23.2 Å². The molecule has 2 saturated heterocycles. The zero-order valence-electron chi connectivity index (χ0n) is 18.9. The van der Waals surface area contributed by atoms with Gasteiger partial charge in [0.25, 0.3) is 0 Å². The van der Waals surface area contributed by atoms with Crippen LogP contribution in [0.5, 0.6) is 0 Å². The Morgan fingerprint density at radius 2 is 2.00 bits per heavy atom. The smallest absolute Gasteiger partial charge is 0.245 e. The summed E-state index contributed by atoms with van der Waals surface area (Å²) >= 11 is 12.3. The number of carbonyl (C=O) groups excluding carboxylic acids is 2. The predicted molar refractivity (Wildman–Crippen MR) is 129 cm³/mol. The van der Waals surface area contributed by atoms with Crippen molar-refractivity contribution in [2.45, 2.75) is 44.7 Å². The highest BCUT2D eigenvalue weighted by atomic mass is 35.5. The highest BCUT2D eigenvalue weighted by Gasteiger charge is 2.63. The lowest BCUT2D eigenvalue weighted by Gasteiger charge is -2.41. The van der Waals surface area contributed by atoms with Crippen molar-refractivity contribution < 1.29 is 14.0 Å². The molecule has 2 heterocycles. The summed E-state index contributed by atoms with van der Waals surface area (Å²) in [4.78, 5) is 29.2. The zero-order chi connectivity index (χ0) is 23.9. The van der Waals surface area contributed by atoms with E-state index in [9.17, 15) is 9.59 Å². The molecule has 176 valence electrons. The molecule has 33 heavy (non-hydrogen) atoms. The van der Waals surface area contributed by atoms with Crippen LogP contribution in [0.1, 0.15) is 38.7 Å². The number of nitrogens with one attached hydrogen (secondary N) is 2. The molecule has 0 aliphatic carbocycles. The molecular weight excluding hydrogens is 464 g/mol. The molecular formula is C25H28Cl2FN3O2. The normalized spacial score (nSPS) is 27.4. The molecule has 2 aliphatic rings. The Balaban J connectivity index is 1.88. The molecule has 2 amide bonds. The first-order valence-electron chi connectivity index (χ1n) is 11.2. The lowest BCUT2D eigenvalue weighted by Crippen LogP contribution is -2.57. The first-order valence-corrected chi connectivity index (χ1v) is 12.0. The zero-order valence-corrected chi connectivity index (χ0v) is 20.4. The minimum absolute atomic E-state index is 0.0276. The van der Waals surface area contributed by atoms with Crippen LogP contribution < -0.4 is 10.6 Å². The number of fused-ring (bicyclic) bond motifs is 1. The molecule has 0 radical (unpaired) electrons. The van der Waals surface area contributed by atoms with Crippen molar-refractivity contribution in [3.05, 3.63) is 63.9 Å². The molecule has 4 atom stereocenters. The van der Waals surface area contributed by atoms with Crippen molar-refractivity contribution in [2.75, 3.05) is 18.4 Å². The monoisotopic (exact) mass is 491 g/mol. The van der Waals surface area contributed by atoms with Gasteiger partial charge in [-0.15, -0.1) is 0 Å². The van der Waals surface area contributed by atoms with Gasteiger partial charge in [-0.1, -0.05) is 55.2 Å². The number of halogens is 3. The summed E-state index contributed by atoms with van der Waals surface area (Å²) in [5.74, 6) is -2.13. The number of carbonyl (C=O) groups is 2. The fourth-order valence-electron chi connectivity index (χ4n) is 5.48. The van der Waals surface area contributed by atoms with Crippen LogP contribution in [0.3, 0.4) is 0 Å². The van der Waals surface area contributed by atoms with E-state index in [4.69, 9.17) is 23.2 Å². The third-order valence-corrected chi connectivity index (χ3v) is 7.37. The summed E-state index contributed by atoms with van der Waals surface area (Å²) in [6.45, 7) is 7.06. The molecule has 0 aromatic heterocycles. The number of hydrogen-bond acceptors (Lipinski definition) is 3. The van der Waals surface area contributed by atoms with Gasteiger partial charge in [0.05, 0.1) is 10.9 Å². The van der Waals surface area contributed by atoms with Crippen LogP contribution in [0.25, 0.3) is 0 Å².